The molecular formula is C15H20I2. The lowest BCUT2D eigenvalue weighted by molar-refractivity contribution is 0.158. The zero-order valence-corrected chi connectivity index (χ0v) is 14.8. The third-order valence-electron chi connectivity index (χ3n) is 5.43. The fourth-order valence-electron chi connectivity index (χ4n) is 4.49. The van der Waals surface area contributed by atoms with Crippen LogP contribution in [0.3, 0.4) is 0 Å². The van der Waals surface area contributed by atoms with E-state index in [4.69, 9.17) is 0 Å². The van der Waals surface area contributed by atoms with Crippen LogP contribution in [-0.4, -0.2) is 3.92 Å². The topological polar surface area (TPSA) is 0 Å². The second-order valence-electron chi connectivity index (χ2n) is 6.50. The molecule has 5 unspecified atom stereocenters. The maximum Gasteiger partial charge on any atom is 0.0292 e. The van der Waals surface area contributed by atoms with Crippen LogP contribution in [0, 0.1) is 29.1 Å². The second-order valence-corrected chi connectivity index (χ2v) is 9.49. The molecule has 0 heterocycles. The largest absolute Gasteiger partial charge is 0.0838 e. The van der Waals surface area contributed by atoms with Crippen LogP contribution >= 0.6 is 45.2 Å². The molecule has 0 N–H and O–H groups in total. The van der Waals surface area contributed by atoms with Gasteiger partial charge < -0.3 is 0 Å². The van der Waals surface area contributed by atoms with Crippen LogP contribution < -0.4 is 0 Å². The van der Waals surface area contributed by atoms with E-state index in [-0.39, 0.29) is 0 Å². The van der Waals surface area contributed by atoms with Gasteiger partial charge >= 0.3 is 0 Å². The highest BCUT2D eigenvalue weighted by Crippen LogP contribution is 2.62. The van der Waals surface area contributed by atoms with Crippen molar-refractivity contribution < 1.29 is 0 Å². The Morgan fingerprint density at radius 2 is 2.00 bits per heavy atom. The van der Waals surface area contributed by atoms with Crippen molar-refractivity contribution in [1.29, 1.82) is 0 Å². The Hall–Kier alpha value is 0.940. The molecule has 0 saturated heterocycles. The fourth-order valence-corrected chi connectivity index (χ4v) is 6.01. The summed E-state index contributed by atoms with van der Waals surface area (Å²) in [6.45, 7) is 5.07. The molecule has 2 heteroatoms. The summed E-state index contributed by atoms with van der Waals surface area (Å²) in [5, 5.41) is 0. The van der Waals surface area contributed by atoms with Gasteiger partial charge in [0.15, 0.2) is 0 Å². The number of halogens is 2. The molecule has 0 radical (unpaired) electrons. The van der Waals surface area contributed by atoms with Crippen LogP contribution in [0.5, 0.6) is 0 Å². The molecule has 94 valence electrons. The Balaban J connectivity index is 1.97. The van der Waals surface area contributed by atoms with Gasteiger partial charge in [0, 0.05) is 3.92 Å². The van der Waals surface area contributed by atoms with Gasteiger partial charge in [-0.2, -0.15) is 0 Å². The van der Waals surface area contributed by atoms with Crippen molar-refractivity contribution in [2.75, 3.05) is 0 Å². The van der Waals surface area contributed by atoms with Crippen molar-refractivity contribution in [3.05, 3.63) is 21.8 Å². The Labute approximate surface area is 132 Å². The van der Waals surface area contributed by atoms with Gasteiger partial charge in [-0.05, 0) is 74.5 Å². The van der Waals surface area contributed by atoms with E-state index in [2.05, 4.69) is 77.3 Å². The Morgan fingerprint density at radius 1 is 1.24 bits per heavy atom. The van der Waals surface area contributed by atoms with E-state index in [9.17, 15) is 0 Å². The molecule has 0 aliphatic heterocycles. The molecule has 1 fully saturated rings. The molecule has 0 bridgehead atoms. The van der Waals surface area contributed by atoms with Crippen molar-refractivity contribution in [3.8, 4) is 0 Å². The Bertz CT molecular complexity index is 380. The lowest BCUT2D eigenvalue weighted by Crippen LogP contribution is -2.30. The summed E-state index contributed by atoms with van der Waals surface area (Å²) in [4.78, 5) is 0. The van der Waals surface area contributed by atoms with Crippen LogP contribution in [0.25, 0.3) is 0 Å². The molecule has 3 aliphatic carbocycles. The quantitative estimate of drug-likeness (QED) is 0.263. The van der Waals surface area contributed by atoms with Crippen molar-refractivity contribution >= 4 is 45.2 Å². The molecule has 0 amide bonds. The summed E-state index contributed by atoms with van der Waals surface area (Å²) >= 11 is 5.16. The highest BCUT2D eigenvalue weighted by molar-refractivity contribution is 14.1. The lowest BCUT2D eigenvalue weighted by Gasteiger charge is -2.37. The van der Waals surface area contributed by atoms with E-state index < -0.39 is 0 Å². The maximum atomic E-state index is 2.61. The SMILES string of the molecule is CC1(C)C2CC(I)C=CC2C2CC=C(I)CC21. The van der Waals surface area contributed by atoms with E-state index in [0.717, 1.165) is 27.6 Å². The van der Waals surface area contributed by atoms with Gasteiger partial charge in [-0.1, -0.05) is 54.7 Å². The second kappa shape index (κ2) is 4.50. The molecule has 0 aromatic carbocycles. The highest BCUT2D eigenvalue weighted by atomic mass is 127. The van der Waals surface area contributed by atoms with Crippen molar-refractivity contribution in [2.24, 2.45) is 29.1 Å². The van der Waals surface area contributed by atoms with Gasteiger partial charge in [0.1, 0.15) is 0 Å². The molecule has 0 aromatic rings. The number of rotatable bonds is 0. The maximum absolute atomic E-state index is 2.61. The van der Waals surface area contributed by atoms with Crippen LogP contribution in [0.4, 0.5) is 0 Å². The first-order valence-corrected chi connectivity index (χ1v) is 8.99. The van der Waals surface area contributed by atoms with E-state index in [1.54, 1.807) is 3.58 Å². The van der Waals surface area contributed by atoms with Gasteiger partial charge in [0.2, 0.25) is 0 Å². The van der Waals surface area contributed by atoms with E-state index >= 15 is 0 Å². The first-order valence-electron chi connectivity index (χ1n) is 6.67. The van der Waals surface area contributed by atoms with Crippen molar-refractivity contribution in [2.45, 2.75) is 37.0 Å². The summed E-state index contributed by atoms with van der Waals surface area (Å²) < 4.78 is 2.37. The number of hydrogen-bond donors (Lipinski definition) is 0. The molecule has 0 spiro atoms. The molecule has 3 rings (SSSR count). The first kappa shape index (κ1) is 12.9. The van der Waals surface area contributed by atoms with Gasteiger partial charge in [-0.3, -0.25) is 0 Å². The summed E-state index contributed by atoms with van der Waals surface area (Å²) in [7, 11) is 0. The normalized spacial score (nSPS) is 47.3. The number of allylic oxidation sites excluding steroid dienone is 4. The van der Waals surface area contributed by atoms with Crippen LogP contribution in [0.15, 0.2) is 21.8 Å². The number of fused-ring (bicyclic) bond motifs is 3. The van der Waals surface area contributed by atoms with Crippen LogP contribution in [-0.2, 0) is 0 Å². The minimum atomic E-state index is 0.536. The first-order chi connectivity index (χ1) is 8.00. The predicted octanol–water partition coefficient (Wildman–Crippen LogP) is 5.37. The molecule has 17 heavy (non-hydrogen) atoms. The van der Waals surface area contributed by atoms with Crippen molar-refractivity contribution in [1.82, 2.24) is 0 Å². The van der Waals surface area contributed by atoms with E-state index in [1.807, 2.05) is 0 Å². The molecule has 5 atom stereocenters. The molecule has 3 aliphatic rings. The Morgan fingerprint density at radius 3 is 2.76 bits per heavy atom. The molecule has 1 saturated carbocycles. The molecule has 0 aromatic heterocycles. The van der Waals surface area contributed by atoms with Crippen LogP contribution in [0.1, 0.15) is 33.1 Å². The van der Waals surface area contributed by atoms with Crippen LogP contribution in [0.2, 0.25) is 0 Å². The molecule has 0 nitrogen and oxygen atoms in total. The summed E-state index contributed by atoms with van der Waals surface area (Å²) in [5.41, 5.74) is 0.536. The van der Waals surface area contributed by atoms with Crippen molar-refractivity contribution in [3.63, 3.8) is 0 Å². The van der Waals surface area contributed by atoms with E-state index in [0.29, 0.717) is 5.41 Å². The average molecular weight is 454 g/mol. The van der Waals surface area contributed by atoms with Gasteiger partial charge in [-0.15, -0.1) is 0 Å². The summed E-state index contributed by atoms with van der Waals surface area (Å²) in [6.07, 6.45) is 11.6. The fraction of sp³-hybridized carbons (Fsp3) is 0.733. The lowest BCUT2D eigenvalue weighted by atomic mass is 9.69. The average Bonchev–Trinajstić information content (AvgIpc) is 2.49. The third-order valence-corrected chi connectivity index (χ3v) is 7.24. The zero-order chi connectivity index (χ0) is 12.2. The minimum Gasteiger partial charge on any atom is -0.0838 e. The monoisotopic (exact) mass is 454 g/mol. The summed E-state index contributed by atoms with van der Waals surface area (Å²) in [6, 6.07) is 0. The number of alkyl halides is 1. The predicted molar refractivity (Wildman–Crippen MR) is 90.6 cm³/mol. The Kier molecular flexibility index (Phi) is 3.42. The standard InChI is InChI=1S/C15H20I2/c1-15(2)13-7-9(16)3-5-11(13)12-6-4-10(17)8-14(12)15/h3-5,9,11-14H,6-8H2,1-2H3. The minimum absolute atomic E-state index is 0.536. The van der Waals surface area contributed by atoms with Gasteiger partial charge in [-0.25, -0.2) is 0 Å². The van der Waals surface area contributed by atoms with Gasteiger partial charge in [0.25, 0.3) is 0 Å². The molecular weight excluding hydrogens is 434 g/mol. The van der Waals surface area contributed by atoms with Gasteiger partial charge in [0.05, 0.1) is 0 Å². The third kappa shape index (κ3) is 2.05. The number of hydrogen-bond acceptors (Lipinski definition) is 0. The highest BCUT2D eigenvalue weighted by Gasteiger charge is 2.55. The zero-order valence-electron chi connectivity index (χ0n) is 10.5. The van der Waals surface area contributed by atoms with E-state index in [1.165, 1.54) is 19.3 Å². The summed E-state index contributed by atoms with van der Waals surface area (Å²) in [5.74, 6) is 3.62. The smallest absolute Gasteiger partial charge is 0.0292 e.